The molecule has 0 aliphatic heterocycles. The molecule has 0 spiro atoms. The summed E-state index contributed by atoms with van der Waals surface area (Å²) in [5.74, 6) is 0. The van der Waals surface area contributed by atoms with E-state index in [9.17, 15) is 0 Å². The third-order valence-corrected chi connectivity index (χ3v) is 5.62. The van der Waals surface area contributed by atoms with Crippen molar-refractivity contribution in [2.45, 2.75) is 35.7 Å². The maximum absolute atomic E-state index is 6.28. The van der Waals surface area contributed by atoms with Gasteiger partial charge in [-0.1, -0.05) is 60.6 Å². The smallest absolute Gasteiger partial charge is 0.102 e. The Morgan fingerprint density at radius 2 is 1.80 bits per heavy atom. The van der Waals surface area contributed by atoms with Gasteiger partial charge in [0.15, 0.2) is 0 Å². The Labute approximate surface area is 158 Å². The summed E-state index contributed by atoms with van der Waals surface area (Å²) in [6.07, 6.45) is 1.75. The Balaban J connectivity index is 2.04. The first-order valence-corrected chi connectivity index (χ1v) is 9.58. The third-order valence-electron chi connectivity index (χ3n) is 4.15. The largest absolute Gasteiger partial charge is 0.327 e. The molecule has 2 N–H and O–H groups in total. The third kappa shape index (κ3) is 4.27. The van der Waals surface area contributed by atoms with Gasteiger partial charge in [0.05, 0.1) is 5.69 Å². The summed E-state index contributed by atoms with van der Waals surface area (Å²) in [4.78, 5) is 1.14. The number of aromatic nitrogens is 2. The highest BCUT2D eigenvalue weighted by molar-refractivity contribution is 7.99. The number of aryl methyl sites for hydroxylation is 1. The lowest BCUT2D eigenvalue weighted by Gasteiger charge is -2.12. The molecule has 0 saturated carbocycles. The first-order valence-electron chi connectivity index (χ1n) is 8.38. The molecule has 0 radical (unpaired) electrons. The SMILES string of the molecule is CCC(N)Cc1c(-c2ccccc2)nn(C)c1Sc1ccc(Cl)cc1. The number of benzene rings is 2. The molecule has 1 heterocycles. The van der Waals surface area contributed by atoms with E-state index in [4.69, 9.17) is 22.4 Å². The zero-order valence-electron chi connectivity index (χ0n) is 14.4. The lowest BCUT2D eigenvalue weighted by Crippen LogP contribution is -2.21. The summed E-state index contributed by atoms with van der Waals surface area (Å²) in [5.41, 5.74) is 9.63. The summed E-state index contributed by atoms with van der Waals surface area (Å²) < 4.78 is 1.96. The van der Waals surface area contributed by atoms with Gasteiger partial charge in [-0.25, -0.2) is 0 Å². The summed E-state index contributed by atoms with van der Waals surface area (Å²) in [5, 5.41) is 6.67. The molecule has 0 saturated heterocycles. The lowest BCUT2D eigenvalue weighted by molar-refractivity contribution is 0.631. The van der Waals surface area contributed by atoms with E-state index in [0.717, 1.165) is 39.0 Å². The molecule has 3 nitrogen and oxygen atoms in total. The van der Waals surface area contributed by atoms with Crippen LogP contribution in [0, 0.1) is 0 Å². The fraction of sp³-hybridized carbons (Fsp3) is 0.250. The van der Waals surface area contributed by atoms with E-state index >= 15 is 0 Å². The van der Waals surface area contributed by atoms with E-state index < -0.39 is 0 Å². The van der Waals surface area contributed by atoms with Crippen LogP contribution < -0.4 is 5.73 Å². The lowest BCUT2D eigenvalue weighted by atomic mass is 10.0. The van der Waals surface area contributed by atoms with Crippen LogP contribution in [0.4, 0.5) is 0 Å². The molecule has 5 heteroatoms. The van der Waals surface area contributed by atoms with Gasteiger partial charge in [0.25, 0.3) is 0 Å². The molecule has 0 bridgehead atoms. The van der Waals surface area contributed by atoms with Crippen molar-refractivity contribution < 1.29 is 0 Å². The minimum atomic E-state index is 0.122. The van der Waals surface area contributed by atoms with Crippen molar-refractivity contribution in [3.05, 3.63) is 65.2 Å². The fourth-order valence-corrected chi connectivity index (χ4v) is 3.81. The Kier molecular flexibility index (Phi) is 5.84. The molecule has 0 aliphatic carbocycles. The van der Waals surface area contributed by atoms with Crippen molar-refractivity contribution in [3.63, 3.8) is 0 Å². The number of halogens is 1. The molecule has 3 rings (SSSR count). The topological polar surface area (TPSA) is 43.8 Å². The van der Waals surface area contributed by atoms with Crippen LogP contribution in [-0.2, 0) is 13.5 Å². The van der Waals surface area contributed by atoms with Gasteiger partial charge in [-0.05, 0) is 37.1 Å². The maximum atomic E-state index is 6.28. The predicted molar refractivity (Wildman–Crippen MR) is 106 cm³/mol. The summed E-state index contributed by atoms with van der Waals surface area (Å²) in [6.45, 7) is 2.12. The molecule has 2 aromatic carbocycles. The Morgan fingerprint density at radius 1 is 1.12 bits per heavy atom. The molecule has 3 aromatic rings. The summed E-state index contributed by atoms with van der Waals surface area (Å²) in [7, 11) is 1.99. The zero-order chi connectivity index (χ0) is 17.8. The van der Waals surface area contributed by atoms with E-state index in [2.05, 4.69) is 19.1 Å². The van der Waals surface area contributed by atoms with Gasteiger partial charge in [-0.2, -0.15) is 5.10 Å². The second-order valence-electron chi connectivity index (χ2n) is 6.05. The van der Waals surface area contributed by atoms with Crippen molar-refractivity contribution in [2.24, 2.45) is 12.8 Å². The Bertz CT molecular complexity index is 828. The van der Waals surface area contributed by atoms with E-state index in [-0.39, 0.29) is 6.04 Å². The summed E-state index contributed by atoms with van der Waals surface area (Å²) in [6, 6.07) is 18.3. The normalized spacial score (nSPS) is 12.3. The second-order valence-corrected chi connectivity index (χ2v) is 7.55. The number of nitrogens with two attached hydrogens (primary N) is 1. The van der Waals surface area contributed by atoms with Crippen molar-refractivity contribution in [3.8, 4) is 11.3 Å². The minimum Gasteiger partial charge on any atom is -0.327 e. The fourth-order valence-electron chi connectivity index (χ4n) is 2.71. The number of nitrogens with zero attached hydrogens (tertiary/aromatic N) is 2. The standard InChI is InChI=1S/C20H22ClN3S/c1-3-16(22)13-18-19(14-7-5-4-6-8-14)23-24(2)20(18)25-17-11-9-15(21)10-12-17/h4-12,16H,3,13,22H2,1-2H3. The van der Waals surface area contributed by atoms with E-state index in [1.807, 2.05) is 54.2 Å². The van der Waals surface area contributed by atoms with Gasteiger partial charge in [-0.15, -0.1) is 0 Å². The van der Waals surface area contributed by atoms with Crippen LogP contribution in [0.3, 0.4) is 0 Å². The van der Waals surface area contributed by atoms with E-state index in [1.165, 1.54) is 5.56 Å². The molecule has 0 fully saturated rings. The van der Waals surface area contributed by atoms with Crippen LogP contribution in [-0.4, -0.2) is 15.8 Å². The molecular formula is C20H22ClN3S. The van der Waals surface area contributed by atoms with Crippen molar-refractivity contribution in [2.75, 3.05) is 0 Å². The van der Waals surface area contributed by atoms with Crippen LogP contribution in [0.5, 0.6) is 0 Å². The second kappa shape index (κ2) is 8.09. The average Bonchev–Trinajstić information content (AvgIpc) is 2.93. The molecule has 1 unspecified atom stereocenters. The number of hydrogen-bond donors (Lipinski definition) is 1. The van der Waals surface area contributed by atoms with Gasteiger partial charge < -0.3 is 5.73 Å². The highest BCUT2D eigenvalue weighted by Crippen LogP contribution is 2.36. The number of hydrogen-bond acceptors (Lipinski definition) is 3. The molecular weight excluding hydrogens is 350 g/mol. The van der Waals surface area contributed by atoms with Crippen LogP contribution >= 0.6 is 23.4 Å². The van der Waals surface area contributed by atoms with Crippen molar-refractivity contribution in [1.29, 1.82) is 0 Å². The minimum absolute atomic E-state index is 0.122. The monoisotopic (exact) mass is 371 g/mol. The maximum Gasteiger partial charge on any atom is 0.102 e. The van der Waals surface area contributed by atoms with Crippen LogP contribution in [0.15, 0.2) is 64.5 Å². The van der Waals surface area contributed by atoms with Gasteiger partial charge in [0.1, 0.15) is 5.03 Å². The first-order chi connectivity index (χ1) is 12.1. The van der Waals surface area contributed by atoms with Crippen LogP contribution in [0.25, 0.3) is 11.3 Å². The zero-order valence-corrected chi connectivity index (χ0v) is 16.0. The average molecular weight is 372 g/mol. The number of rotatable bonds is 6. The Hall–Kier alpha value is -1.75. The molecule has 130 valence electrons. The van der Waals surface area contributed by atoms with E-state index in [1.54, 1.807) is 11.8 Å². The van der Waals surface area contributed by atoms with Crippen LogP contribution in [0.2, 0.25) is 5.02 Å². The van der Waals surface area contributed by atoms with Crippen molar-refractivity contribution >= 4 is 23.4 Å². The molecule has 1 aromatic heterocycles. The highest BCUT2D eigenvalue weighted by Gasteiger charge is 2.20. The first kappa shape index (κ1) is 18.1. The Morgan fingerprint density at radius 3 is 2.44 bits per heavy atom. The van der Waals surface area contributed by atoms with Gasteiger partial charge in [0, 0.05) is 34.1 Å². The predicted octanol–water partition coefficient (Wildman–Crippen LogP) is 5.17. The van der Waals surface area contributed by atoms with Gasteiger partial charge in [-0.3, -0.25) is 4.68 Å². The summed E-state index contributed by atoms with van der Waals surface area (Å²) >= 11 is 7.71. The van der Waals surface area contributed by atoms with Gasteiger partial charge >= 0.3 is 0 Å². The molecule has 25 heavy (non-hydrogen) atoms. The molecule has 0 aliphatic rings. The van der Waals surface area contributed by atoms with Crippen LogP contribution in [0.1, 0.15) is 18.9 Å². The quantitative estimate of drug-likeness (QED) is 0.649. The van der Waals surface area contributed by atoms with Gasteiger partial charge in [0.2, 0.25) is 0 Å². The van der Waals surface area contributed by atoms with E-state index in [0.29, 0.717) is 0 Å². The molecule has 0 amide bonds. The highest BCUT2D eigenvalue weighted by atomic mass is 35.5. The molecule has 1 atom stereocenters. The van der Waals surface area contributed by atoms with Crippen molar-refractivity contribution in [1.82, 2.24) is 9.78 Å².